The van der Waals surface area contributed by atoms with Crippen molar-refractivity contribution in [1.29, 1.82) is 0 Å². The second-order valence-electron chi connectivity index (χ2n) is 4.61. The number of rotatable bonds is 3. The highest BCUT2D eigenvalue weighted by molar-refractivity contribution is 6.29. The van der Waals surface area contributed by atoms with Crippen LogP contribution in [0, 0.1) is 0 Å². The van der Waals surface area contributed by atoms with E-state index in [9.17, 15) is 13.2 Å². The van der Waals surface area contributed by atoms with Gasteiger partial charge in [-0.1, -0.05) is 41.9 Å². The average Bonchev–Trinajstić information content (AvgIpc) is 2.46. The van der Waals surface area contributed by atoms with Gasteiger partial charge in [-0.25, -0.2) is 4.98 Å². The molecule has 3 nitrogen and oxygen atoms in total. The quantitative estimate of drug-likeness (QED) is 0.468. The molecule has 0 N–H and O–H groups in total. The molecular weight excluding hydrogens is 315 g/mol. The van der Waals surface area contributed by atoms with Crippen molar-refractivity contribution in [3.05, 3.63) is 58.7 Å². The molecule has 2 rings (SSSR count). The summed E-state index contributed by atoms with van der Waals surface area (Å²) in [7, 11) is 1.52. The molecule has 7 heteroatoms. The third-order valence-electron chi connectivity index (χ3n) is 2.93. The number of hydrazone groups is 1. The van der Waals surface area contributed by atoms with Crippen molar-refractivity contribution < 1.29 is 13.2 Å². The monoisotopic (exact) mass is 327 g/mol. The molecule has 0 bridgehead atoms. The smallest absolute Gasteiger partial charge is 0.251 e. The first-order chi connectivity index (χ1) is 10.3. The van der Waals surface area contributed by atoms with Gasteiger partial charge in [0.2, 0.25) is 0 Å². The van der Waals surface area contributed by atoms with Crippen LogP contribution in [-0.4, -0.2) is 17.7 Å². The molecule has 2 aromatic rings. The van der Waals surface area contributed by atoms with Crippen molar-refractivity contribution in [2.75, 3.05) is 12.1 Å². The predicted molar refractivity (Wildman–Crippen MR) is 81.3 cm³/mol. The minimum atomic E-state index is -4.49. The highest BCUT2D eigenvalue weighted by atomic mass is 35.5. The summed E-state index contributed by atoms with van der Waals surface area (Å²) >= 11 is 5.67. The zero-order valence-electron chi connectivity index (χ0n) is 11.9. The molecule has 1 aromatic carbocycles. The van der Waals surface area contributed by atoms with Gasteiger partial charge in [-0.3, -0.25) is 5.01 Å². The summed E-state index contributed by atoms with van der Waals surface area (Å²) in [5.74, 6) is 0.0232. The van der Waals surface area contributed by atoms with E-state index in [4.69, 9.17) is 11.6 Å². The van der Waals surface area contributed by atoms with Crippen LogP contribution < -0.4 is 5.01 Å². The van der Waals surface area contributed by atoms with Gasteiger partial charge in [0.1, 0.15) is 5.15 Å². The first-order valence-electron chi connectivity index (χ1n) is 6.36. The molecular formula is C15H13ClF3N3. The minimum Gasteiger partial charge on any atom is -0.251 e. The largest absolute Gasteiger partial charge is 0.416 e. The maximum atomic E-state index is 12.8. The number of halogens is 4. The Hall–Kier alpha value is -2.08. The molecule has 0 unspecified atom stereocenters. The maximum absolute atomic E-state index is 12.8. The van der Waals surface area contributed by atoms with Gasteiger partial charge in [0, 0.05) is 7.05 Å². The number of pyridine rings is 1. The Morgan fingerprint density at radius 2 is 1.82 bits per heavy atom. The summed E-state index contributed by atoms with van der Waals surface area (Å²) in [5, 5.41) is 5.28. The number of hydrogen-bond acceptors (Lipinski definition) is 3. The summed E-state index contributed by atoms with van der Waals surface area (Å²) in [6.45, 7) is 1.76. The lowest BCUT2D eigenvalue weighted by Crippen LogP contribution is -2.15. The molecule has 0 aliphatic carbocycles. The van der Waals surface area contributed by atoms with Crippen molar-refractivity contribution in [1.82, 2.24) is 4.98 Å². The number of nitrogens with zero attached hydrogens (tertiary/aromatic N) is 3. The van der Waals surface area contributed by atoms with Crippen LogP contribution in [0.5, 0.6) is 0 Å². The van der Waals surface area contributed by atoms with E-state index < -0.39 is 11.7 Å². The molecule has 1 aromatic heterocycles. The molecule has 116 valence electrons. The maximum Gasteiger partial charge on any atom is 0.416 e. The number of benzene rings is 1. The number of aromatic nitrogens is 1. The van der Waals surface area contributed by atoms with Gasteiger partial charge in [-0.05, 0) is 24.6 Å². The highest BCUT2D eigenvalue weighted by Gasteiger charge is 2.31. The van der Waals surface area contributed by atoms with Gasteiger partial charge >= 0.3 is 6.18 Å². The Morgan fingerprint density at radius 3 is 2.41 bits per heavy atom. The second kappa shape index (κ2) is 6.36. The molecule has 0 saturated carbocycles. The SMILES string of the molecule is C/C(=N\N(C)c1cc(C(F)(F)F)cc(Cl)n1)c1ccccc1. The zero-order valence-corrected chi connectivity index (χ0v) is 12.7. The Bertz CT molecular complexity index is 684. The van der Waals surface area contributed by atoms with Crippen molar-refractivity contribution in [3.8, 4) is 0 Å². The van der Waals surface area contributed by atoms with Crippen LogP contribution in [0.1, 0.15) is 18.1 Å². The van der Waals surface area contributed by atoms with E-state index in [0.717, 1.165) is 17.7 Å². The van der Waals surface area contributed by atoms with Crippen molar-refractivity contribution >= 4 is 23.1 Å². The van der Waals surface area contributed by atoms with Gasteiger partial charge in [0.05, 0.1) is 11.3 Å². The van der Waals surface area contributed by atoms with Crippen molar-refractivity contribution in [3.63, 3.8) is 0 Å². The first kappa shape index (κ1) is 16.3. The lowest BCUT2D eigenvalue weighted by Gasteiger charge is -2.16. The minimum absolute atomic E-state index is 0.0232. The standard InChI is InChI=1S/C15H13ClF3N3/c1-10(11-6-4-3-5-7-11)21-22(2)14-9-12(15(17,18)19)8-13(16)20-14/h3-9H,1-2H3/b21-10+. The Morgan fingerprint density at radius 1 is 1.18 bits per heavy atom. The summed E-state index contributed by atoms with van der Waals surface area (Å²) in [6, 6.07) is 11.0. The van der Waals surface area contributed by atoms with Crippen LogP contribution in [0.2, 0.25) is 5.15 Å². The van der Waals surface area contributed by atoms with Gasteiger partial charge in [-0.2, -0.15) is 18.3 Å². The van der Waals surface area contributed by atoms with Crippen LogP contribution in [-0.2, 0) is 6.18 Å². The van der Waals surface area contributed by atoms with Gasteiger partial charge in [0.15, 0.2) is 5.82 Å². The lowest BCUT2D eigenvalue weighted by molar-refractivity contribution is -0.137. The van der Waals surface area contributed by atoms with Crippen molar-refractivity contribution in [2.24, 2.45) is 5.10 Å². The molecule has 0 spiro atoms. The van der Waals surface area contributed by atoms with Crippen LogP contribution in [0.4, 0.5) is 19.0 Å². The summed E-state index contributed by atoms with van der Waals surface area (Å²) in [4.78, 5) is 3.88. The number of hydrogen-bond donors (Lipinski definition) is 0. The Labute approximate surface area is 131 Å². The second-order valence-corrected chi connectivity index (χ2v) is 5.00. The highest BCUT2D eigenvalue weighted by Crippen LogP contribution is 2.32. The fraction of sp³-hybridized carbons (Fsp3) is 0.200. The van der Waals surface area contributed by atoms with Gasteiger partial charge in [-0.15, -0.1) is 0 Å². The zero-order chi connectivity index (χ0) is 16.3. The van der Waals surface area contributed by atoms with E-state index in [2.05, 4.69) is 10.1 Å². The lowest BCUT2D eigenvalue weighted by atomic mass is 10.1. The summed E-state index contributed by atoms with van der Waals surface area (Å²) in [6.07, 6.45) is -4.49. The Kier molecular flexibility index (Phi) is 4.71. The van der Waals surface area contributed by atoms with E-state index in [1.165, 1.54) is 12.1 Å². The van der Waals surface area contributed by atoms with E-state index >= 15 is 0 Å². The fourth-order valence-electron chi connectivity index (χ4n) is 1.83. The molecule has 0 amide bonds. The first-order valence-corrected chi connectivity index (χ1v) is 6.74. The topological polar surface area (TPSA) is 28.5 Å². The van der Waals surface area contributed by atoms with E-state index in [1.807, 2.05) is 30.3 Å². The van der Waals surface area contributed by atoms with Crippen LogP contribution >= 0.6 is 11.6 Å². The molecule has 1 heterocycles. The normalized spacial score (nSPS) is 12.4. The van der Waals surface area contributed by atoms with E-state index in [-0.39, 0.29) is 11.0 Å². The van der Waals surface area contributed by atoms with Crippen LogP contribution in [0.15, 0.2) is 47.6 Å². The molecule has 0 atom stereocenters. The Balaban J connectivity index is 2.34. The summed E-state index contributed by atoms with van der Waals surface area (Å²) < 4.78 is 38.4. The van der Waals surface area contributed by atoms with Gasteiger partial charge < -0.3 is 0 Å². The third-order valence-corrected chi connectivity index (χ3v) is 3.12. The molecule has 0 saturated heterocycles. The third kappa shape index (κ3) is 3.98. The molecule has 0 radical (unpaired) electrons. The van der Waals surface area contributed by atoms with Crippen LogP contribution in [0.3, 0.4) is 0 Å². The fourth-order valence-corrected chi connectivity index (χ4v) is 2.03. The predicted octanol–water partition coefficient (Wildman–Crippen LogP) is 4.61. The molecule has 22 heavy (non-hydrogen) atoms. The summed E-state index contributed by atoms with van der Waals surface area (Å²) in [5.41, 5.74) is 0.660. The van der Waals surface area contributed by atoms with Crippen LogP contribution in [0.25, 0.3) is 0 Å². The number of alkyl halides is 3. The average molecular weight is 328 g/mol. The molecule has 0 fully saturated rings. The molecule has 0 aliphatic heterocycles. The van der Waals surface area contributed by atoms with Gasteiger partial charge in [0.25, 0.3) is 0 Å². The number of anilines is 1. The van der Waals surface area contributed by atoms with E-state index in [1.54, 1.807) is 6.92 Å². The molecule has 0 aliphatic rings. The van der Waals surface area contributed by atoms with Crippen molar-refractivity contribution in [2.45, 2.75) is 13.1 Å². The van der Waals surface area contributed by atoms with E-state index in [0.29, 0.717) is 5.71 Å².